The Morgan fingerprint density at radius 2 is 1.54 bits per heavy atom. The molecule has 5 aromatic rings. The standard InChI is InChI=1S/C28H22N6O3/c29-15-22-12-7-13-23(14-22)31-24(35)18-34-27(36)25-26(30-19-32(25)16-20-8-3-1-4-9-20)33(28(34)37)17-21-10-5-2-6-11-21/h1-14,19H,16-18H2,(H,31,35). The average molecular weight is 491 g/mol. The summed E-state index contributed by atoms with van der Waals surface area (Å²) in [5.41, 5.74) is 1.86. The molecule has 2 aromatic heterocycles. The second kappa shape index (κ2) is 10.2. The van der Waals surface area contributed by atoms with E-state index < -0.39 is 23.7 Å². The summed E-state index contributed by atoms with van der Waals surface area (Å²) in [7, 11) is 0. The van der Waals surface area contributed by atoms with Crippen molar-refractivity contribution in [3.8, 4) is 6.07 Å². The van der Waals surface area contributed by atoms with Crippen molar-refractivity contribution in [3.63, 3.8) is 0 Å². The van der Waals surface area contributed by atoms with Crippen LogP contribution in [0.5, 0.6) is 0 Å². The number of aromatic nitrogens is 4. The molecule has 5 rings (SSSR count). The third-order valence-electron chi connectivity index (χ3n) is 5.94. The minimum absolute atomic E-state index is 0.185. The first-order valence-electron chi connectivity index (χ1n) is 11.6. The van der Waals surface area contributed by atoms with Gasteiger partial charge in [0.05, 0.1) is 24.5 Å². The zero-order valence-corrected chi connectivity index (χ0v) is 19.7. The highest BCUT2D eigenvalue weighted by molar-refractivity contribution is 5.90. The summed E-state index contributed by atoms with van der Waals surface area (Å²) in [6.07, 6.45) is 1.54. The molecule has 0 atom stereocenters. The van der Waals surface area contributed by atoms with E-state index in [0.717, 1.165) is 15.7 Å². The Morgan fingerprint density at radius 3 is 2.22 bits per heavy atom. The Bertz CT molecular complexity index is 1740. The Morgan fingerprint density at radius 1 is 0.865 bits per heavy atom. The summed E-state index contributed by atoms with van der Waals surface area (Å²) in [4.78, 5) is 44.4. The number of benzene rings is 3. The number of hydrogen-bond donors (Lipinski definition) is 1. The van der Waals surface area contributed by atoms with Crippen molar-refractivity contribution in [2.45, 2.75) is 19.6 Å². The fourth-order valence-electron chi connectivity index (χ4n) is 4.20. The van der Waals surface area contributed by atoms with Crippen molar-refractivity contribution < 1.29 is 4.79 Å². The fourth-order valence-corrected chi connectivity index (χ4v) is 4.20. The van der Waals surface area contributed by atoms with E-state index in [9.17, 15) is 14.4 Å². The number of rotatable bonds is 7. The molecule has 9 heteroatoms. The third kappa shape index (κ3) is 4.94. The van der Waals surface area contributed by atoms with Gasteiger partial charge in [0, 0.05) is 12.2 Å². The Hall–Kier alpha value is -5.23. The minimum atomic E-state index is -0.632. The minimum Gasteiger partial charge on any atom is -0.324 e. The van der Waals surface area contributed by atoms with E-state index in [4.69, 9.17) is 5.26 Å². The first-order valence-corrected chi connectivity index (χ1v) is 11.6. The van der Waals surface area contributed by atoms with Crippen LogP contribution < -0.4 is 16.6 Å². The molecule has 182 valence electrons. The van der Waals surface area contributed by atoms with Crippen LogP contribution in [0.25, 0.3) is 11.2 Å². The van der Waals surface area contributed by atoms with Gasteiger partial charge in [-0.25, -0.2) is 14.3 Å². The Labute approximate surface area is 211 Å². The van der Waals surface area contributed by atoms with Gasteiger partial charge in [-0.15, -0.1) is 0 Å². The van der Waals surface area contributed by atoms with E-state index in [2.05, 4.69) is 10.3 Å². The lowest BCUT2D eigenvalue weighted by Crippen LogP contribution is -2.43. The number of amides is 1. The van der Waals surface area contributed by atoms with Gasteiger partial charge in [0.1, 0.15) is 6.54 Å². The molecule has 0 saturated heterocycles. The number of nitriles is 1. The van der Waals surface area contributed by atoms with Gasteiger partial charge in [-0.1, -0.05) is 66.7 Å². The van der Waals surface area contributed by atoms with Crippen LogP contribution in [0, 0.1) is 11.3 Å². The highest BCUT2D eigenvalue weighted by atomic mass is 16.2. The first kappa shape index (κ1) is 23.5. The smallest absolute Gasteiger partial charge is 0.324 e. The van der Waals surface area contributed by atoms with E-state index in [0.29, 0.717) is 17.8 Å². The van der Waals surface area contributed by atoms with Crippen molar-refractivity contribution >= 4 is 22.8 Å². The monoisotopic (exact) mass is 490 g/mol. The number of nitrogens with one attached hydrogen (secondary N) is 1. The molecule has 0 spiro atoms. The number of imidazole rings is 1. The van der Waals surface area contributed by atoms with Crippen molar-refractivity contribution in [1.82, 2.24) is 18.7 Å². The molecule has 0 aliphatic carbocycles. The van der Waals surface area contributed by atoms with Crippen molar-refractivity contribution in [1.29, 1.82) is 5.26 Å². The zero-order chi connectivity index (χ0) is 25.8. The number of anilines is 1. The molecule has 0 aliphatic rings. The number of fused-ring (bicyclic) bond motifs is 1. The third-order valence-corrected chi connectivity index (χ3v) is 5.94. The van der Waals surface area contributed by atoms with Gasteiger partial charge in [0.2, 0.25) is 5.91 Å². The molecule has 0 saturated carbocycles. The molecule has 0 bridgehead atoms. The molecule has 1 amide bonds. The summed E-state index contributed by atoms with van der Waals surface area (Å²) >= 11 is 0. The van der Waals surface area contributed by atoms with Crippen LogP contribution in [-0.4, -0.2) is 24.6 Å². The molecular weight excluding hydrogens is 468 g/mol. The maximum Gasteiger partial charge on any atom is 0.333 e. The normalized spacial score (nSPS) is 10.8. The summed E-state index contributed by atoms with van der Waals surface area (Å²) < 4.78 is 4.04. The number of carbonyl (C=O) groups is 1. The largest absolute Gasteiger partial charge is 0.333 e. The van der Waals surface area contributed by atoms with Gasteiger partial charge in [0.25, 0.3) is 5.56 Å². The van der Waals surface area contributed by atoms with E-state index in [1.165, 1.54) is 17.0 Å². The maximum absolute atomic E-state index is 13.6. The van der Waals surface area contributed by atoms with Crippen LogP contribution in [0.1, 0.15) is 16.7 Å². The van der Waals surface area contributed by atoms with Gasteiger partial charge < -0.3 is 9.88 Å². The lowest BCUT2D eigenvalue weighted by atomic mass is 10.2. The van der Waals surface area contributed by atoms with E-state index in [1.54, 1.807) is 22.8 Å². The summed E-state index contributed by atoms with van der Waals surface area (Å²) in [6, 6.07) is 27.4. The van der Waals surface area contributed by atoms with Gasteiger partial charge in [0.15, 0.2) is 11.2 Å². The second-order valence-electron chi connectivity index (χ2n) is 8.52. The van der Waals surface area contributed by atoms with E-state index in [-0.39, 0.29) is 17.7 Å². The predicted octanol–water partition coefficient (Wildman–Crippen LogP) is 2.97. The van der Waals surface area contributed by atoms with Gasteiger partial charge in [-0.3, -0.25) is 14.2 Å². The Balaban J connectivity index is 1.58. The lowest BCUT2D eigenvalue weighted by Gasteiger charge is -2.13. The molecule has 2 heterocycles. The SMILES string of the molecule is N#Cc1cccc(NC(=O)Cn2c(=O)c3c(ncn3Cc3ccccc3)n(Cc3ccccc3)c2=O)c1. The van der Waals surface area contributed by atoms with Crippen LogP contribution in [0.3, 0.4) is 0 Å². The van der Waals surface area contributed by atoms with Crippen LogP contribution >= 0.6 is 0 Å². The quantitative estimate of drug-likeness (QED) is 0.377. The molecule has 37 heavy (non-hydrogen) atoms. The number of nitrogens with zero attached hydrogens (tertiary/aromatic N) is 5. The van der Waals surface area contributed by atoms with E-state index >= 15 is 0 Å². The summed E-state index contributed by atoms with van der Waals surface area (Å²) in [5.74, 6) is -0.561. The van der Waals surface area contributed by atoms with Crippen molar-refractivity contribution in [2.75, 3.05) is 5.32 Å². The molecule has 0 fully saturated rings. The highest BCUT2D eigenvalue weighted by Gasteiger charge is 2.20. The van der Waals surface area contributed by atoms with Crippen LogP contribution in [0.15, 0.2) is 101 Å². The van der Waals surface area contributed by atoms with Crippen LogP contribution in [0.2, 0.25) is 0 Å². The Kier molecular flexibility index (Phi) is 6.46. The number of carbonyl (C=O) groups excluding carboxylic acids is 1. The summed E-state index contributed by atoms with van der Waals surface area (Å²) in [6.45, 7) is 0.0730. The topological polar surface area (TPSA) is 115 Å². The van der Waals surface area contributed by atoms with E-state index in [1.807, 2.05) is 66.7 Å². The molecule has 0 aliphatic heterocycles. The van der Waals surface area contributed by atoms with Crippen LogP contribution in [0.4, 0.5) is 5.69 Å². The molecule has 0 unspecified atom stereocenters. The molecular formula is C28H22N6O3. The summed E-state index contributed by atoms with van der Waals surface area (Å²) in [5, 5.41) is 11.8. The first-order chi connectivity index (χ1) is 18.0. The predicted molar refractivity (Wildman–Crippen MR) is 139 cm³/mol. The molecule has 0 radical (unpaired) electrons. The zero-order valence-electron chi connectivity index (χ0n) is 19.7. The second-order valence-corrected chi connectivity index (χ2v) is 8.52. The van der Waals surface area contributed by atoms with Gasteiger partial charge >= 0.3 is 5.69 Å². The highest BCUT2D eigenvalue weighted by Crippen LogP contribution is 2.13. The molecule has 9 nitrogen and oxygen atoms in total. The maximum atomic E-state index is 13.6. The lowest BCUT2D eigenvalue weighted by molar-refractivity contribution is -0.116. The van der Waals surface area contributed by atoms with Gasteiger partial charge in [-0.2, -0.15) is 5.26 Å². The number of hydrogen-bond acceptors (Lipinski definition) is 5. The molecule has 3 aromatic carbocycles. The van der Waals surface area contributed by atoms with Crippen LogP contribution in [-0.2, 0) is 24.4 Å². The van der Waals surface area contributed by atoms with Gasteiger partial charge in [-0.05, 0) is 29.3 Å². The molecule has 1 N–H and O–H groups in total. The fraction of sp³-hybridized carbons (Fsp3) is 0.107. The van der Waals surface area contributed by atoms with Crippen molar-refractivity contribution in [2.24, 2.45) is 0 Å². The van der Waals surface area contributed by atoms with Crippen molar-refractivity contribution in [3.05, 3.63) is 129 Å². The average Bonchev–Trinajstić information content (AvgIpc) is 3.33.